The maximum absolute atomic E-state index is 12.4. The van der Waals surface area contributed by atoms with E-state index in [2.05, 4.69) is 15.3 Å². The van der Waals surface area contributed by atoms with Crippen LogP contribution in [0.4, 0.5) is 0 Å². The van der Waals surface area contributed by atoms with Crippen LogP contribution in [0.25, 0.3) is 0 Å². The summed E-state index contributed by atoms with van der Waals surface area (Å²) in [6, 6.07) is 7.78. The highest BCUT2D eigenvalue weighted by Crippen LogP contribution is 2.29. The van der Waals surface area contributed by atoms with Gasteiger partial charge in [0.1, 0.15) is 6.10 Å². The lowest BCUT2D eigenvalue weighted by Crippen LogP contribution is -2.37. The van der Waals surface area contributed by atoms with Crippen molar-refractivity contribution in [1.29, 1.82) is 0 Å². The number of carbonyl (C=O) groups excluding carboxylic acids is 1. The lowest BCUT2D eigenvalue weighted by Gasteiger charge is -2.21. The number of amides is 1. The highest BCUT2D eigenvalue weighted by atomic mass is 16.5. The average Bonchev–Trinajstić information content (AvgIpc) is 3.04. The Labute approximate surface area is 136 Å². The first kappa shape index (κ1) is 15.6. The van der Waals surface area contributed by atoms with Crippen LogP contribution in [0.2, 0.25) is 0 Å². The van der Waals surface area contributed by atoms with Gasteiger partial charge in [-0.1, -0.05) is 19.1 Å². The molecule has 1 amide bonds. The van der Waals surface area contributed by atoms with Gasteiger partial charge in [0, 0.05) is 43.4 Å². The summed E-state index contributed by atoms with van der Waals surface area (Å²) in [5.41, 5.74) is 2.09. The van der Waals surface area contributed by atoms with E-state index in [4.69, 9.17) is 4.74 Å². The summed E-state index contributed by atoms with van der Waals surface area (Å²) in [7, 11) is 0. The fourth-order valence-electron chi connectivity index (χ4n) is 2.94. The molecule has 3 atom stereocenters. The van der Waals surface area contributed by atoms with E-state index >= 15 is 0 Å². The number of hydrogen-bond donors (Lipinski definition) is 1. The number of nitrogens with one attached hydrogen (secondary N) is 1. The van der Waals surface area contributed by atoms with Gasteiger partial charge in [-0.3, -0.25) is 14.8 Å². The van der Waals surface area contributed by atoms with Crippen molar-refractivity contribution < 1.29 is 9.53 Å². The Morgan fingerprint density at radius 3 is 2.78 bits per heavy atom. The average molecular weight is 311 g/mol. The van der Waals surface area contributed by atoms with Gasteiger partial charge in [0.25, 0.3) is 0 Å². The van der Waals surface area contributed by atoms with Gasteiger partial charge >= 0.3 is 0 Å². The lowest BCUT2D eigenvalue weighted by molar-refractivity contribution is -0.122. The quantitative estimate of drug-likeness (QED) is 0.922. The van der Waals surface area contributed by atoms with E-state index in [-0.39, 0.29) is 24.0 Å². The topological polar surface area (TPSA) is 64.1 Å². The van der Waals surface area contributed by atoms with Crippen LogP contribution in [0, 0.1) is 0 Å². The molecule has 5 nitrogen and oxygen atoms in total. The minimum absolute atomic E-state index is 0.00722. The van der Waals surface area contributed by atoms with Crippen LogP contribution in [-0.4, -0.2) is 28.5 Å². The monoisotopic (exact) mass is 311 g/mol. The highest BCUT2D eigenvalue weighted by Gasteiger charge is 2.31. The Hall–Kier alpha value is -2.27. The van der Waals surface area contributed by atoms with Crippen molar-refractivity contribution in [3.8, 4) is 0 Å². The second-order valence-corrected chi connectivity index (χ2v) is 5.93. The van der Waals surface area contributed by atoms with Crippen molar-refractivity contribution in [1.82, 2.24) is 15.3 Å². The molecule has 120 valence electrons. The van der Waals surface area contributed by atoms with Crippen molar-refractivity contribution in [2.75, 3.05) is 6.61 Å². The first-order valence-corrected chi connectivity index (χ1v) is 7.95. The van der Waals surface area contributed by atoms with Crippen molar-refractivity contribution in [2.45, 2.75) is 37.8 Å². The highest BCUT2D eigenvalue weighted by molar-refractivity contribution is 5.77. The molecule has 5 heteroatoms. The normalized spacial score (nSPS) is 21.8. The molecule has 1 saturated heterocycles. The Morgan fingerprint density at radius 1 is 1.30 bits per heavy atom. The molecule has 1 aliphatic heterocycles. The van der Waals surface area contributed by atoms with Crippen molar-refractivity contribution in [2.24, 2.45) is 0 Å². The van der Waals surface area contributed by atoms with E-state index in [1.807, 2.05) is 37.4 Å². The third kappa shape index (κ3) is 3.93. The summed E-state index contributed by atoms with van der Waals surface area (Å²) in [6.07, 6.45) is 8.25. The van der Waals surface area contributed by atoms with E-state index in [0.717, 1.165) is 17.5 Å². The number of hydrogen-bond acceptors (Lipinski definition) is 4. The molecule has 23 heavy (non-hydrogen) atoms. The Balaban J connectivity index is 1.59. The van der Waals surface area contributed by atoms with E-state index < -0.39 is 0 Å². The zero-order valence-electron chi connectivity index (χ0n) is 13.2. The predicted octanol–water partition coefficient (Wildman–Crippen LogP) is 2.62. The maximum atomic E-state index is 12.4. The van der Waals surface area contributed by atoms with Gasteiger partial charge in [0.2, 0.25) is 5.91 Å². The summed E-state index contributed by atoms with van der Waals surface area (Å²) >= 11 is 0. The third-order valence-electron chi connectivity index (χ3n) is 4.20. The van der Waals surface area contributed by atoms with E-state index in [9.17, 15) is 4.79 Å². The molecule has 1 unspecified atom stereocenters. The largest absolute Gasteiger partial charge is 0.371 e. The molecule has 3 heterocycles. The molecule has 0 bridgehead atoms. The van der Waals surface area contributed by atoms with Crippen LogP contribution in [-0.2, 0) is 9.53 Å². The Morgan fingerprint density at radius 2 is 2.09 bits per heavy atom. The van der Waals surface area contributed by atoms with Crippen LogP contribution < -0.4 is 5.32 Å². The summed E-state index contributed by atoms with van der Waals surface area (Å²) < 4.78 is 5.78. The standard InChI is InChI=1S/C18H21N3O2/c1-13(14-4-2-7-19-11-14)10-17(22)21-16-6-9-23-18(16)15-5-3-8-20-12-15/h2-5,7-8,11-13,16,18H,6,9-10H2,1H3,(H,21,22)/t13?,16-,18+/m1/s1. The van der Waals surface area contributed by atoms with Crippen molar-refractivity contribution in [3.05, 3.63) is 60.2 Å². The van der Waals surface area contributed by atoms with E-state index in [1.165, 1.54) is 0 Å². The molecule has 1 fully saturated rings. The van der Waals surface area contributed by atoms with Crippen LogP contribution in [0.15, 0.2) is 49.1 Å². The molecule has 3 rings (SSSR count). The number of rotatable bonds is 5. The molecule has 2 aromatic heterocycles. The number of aromatic nitrogens is 2. The van der Waals surface area contributed by atoms with Gasteiger partial charge in [-0.2, -0.15) is 0 Å². The molecular weight excluding hydrogens is 290 g/mol. The zero-order chi connectivity index (χ0) is 16.1. The number of ether oxygens (including phenoxy) is 1. The van der Waals surface area contributed by atoms with Crippen molar-refractivity contribution in [3.63, 3.8) is 0 Å². The molecule has 0 aliphatic carbocycles. The molecule has 1 aliphatic rings. The van der Waals surface area contributed by atoms with E-state index in [0.29, 0.717) is 13.0 Å². The minimum Gasteiger partial charge on any atom is -0.371 e. The lowest BCUT2D eigenvalue weighted by atomic mass is 9.98. The predicted molar refractivity (Wildman–Crippen MR) is 86.7 cm³/mol. The summed E-state index contributed by atoms with van der Waals surface area (Å²) in [5, 5.41) is 3.12. The second-order valence-electron chi connectivity index (χ2n) is 5.93. The van der Waals surface area contributed by atoms with E-state index in [1.54, 1.807) is 18.6 Å². The van der Waals surface area contributed by atoms with Gasteiger partial charge in [0.15, 0.2) is 0 Å². The number of pyridine rings is 2. The fourth-order valence-corrected chi connectivity index (χ4v) is 2.94. The summed E-state index contributed by atoms with van der Waals surface area (Å²) in [4.78, 5) is 20.6. The van der Waals surface area contributed by atoms with Crippen LogP contribution in [0.5, 0.6) is 0 Å². The van der Waals surface area contributed by atoms with Gasteiger partial charge in [-0.15, -0.1) is 0 Å². The zero-order valence-corrected chi connectivity index (χ0v) is 13.2. The van der Waals surface area contributed by atoms with Gasteiger partial charge in [0.05, 0.1) is 6.04 Å². The minimum atomic E-state index is -0.110. The first-order valence-electron chi connectivity index (χ1n) is 7.95. The second kappa shape index (κ2) is 7.33. The van der Waals surface area contributed by atoms with Gasteiger partial charge in [-0.05, 0) is 30.0 Å². The maximum Gasteiger partial charge on any atom is 0.220 e. The van der Waals surface area contributed by atoms with Crippen LogP contribution >= 0.6 is 0 Å². The molecule has 2 aromatic rings. The van der Waals surface area contributed by atoms with Crippen molar-refractivity contribution >= 4 is 5.91 Å². The summed E-state index contributed by atoms with van der Waals surface area (Å²) in [5.74, 6) is 0.189. The SMILES string of the molecule is CC(CC(=O)N[C@@H]1CCO[C@H]1c1cccnc1)c1cccnc1. The van der Waals surface area contributed by atoms with Gasteiger partial charge < -0.3 is 10.1 Å². The number of carbonyl (C=O) groups is 1. The molecule has 1 N–H and O–H groups in total. The molecule has 0 spiro atoms. The Kier molecular flexibility index (Phi) is 4.98. The molecule has 0 saturated carbocycles. The number of nitrogens with zero attached hydrogens (tertiary/aromatic N) is 2. The third-order valence-corrected chi connectivity index (χ3v) is 4.20. The smallest absolute Gasteiger partial charge is 0.220 e. The fraction of sp³-hybridized carbons (Fsp3) is 0.389. The van der Waals surface area contributed by atoms with Crippen LogP contribution in [0.3, 0.4) is 0 Å². The molecular formula is C18H21N3O2. The van der Waals surface area contributed by atoms with Crippen LogP contribution in [0.1, 0.15) is 42.9 Å². The Bertz CT molecular complexity index is 633. The summed E-state index contributed by atoms with van der Waals surface area (Å²) in [6.45, 7) is 2.70. The molecule has 0 radical (unpaired) electrons. The first-order chi connectivity index (χ1) is 11.2. The van der Waals surface area contributed by atoms with Gasteiger partial charge in [-0.25, -0.2) is 0 Å². The molecule has 0 aromatic carbocycles.